The molecule has 0 fully saturated rings. The fraction of sp³-hybridized carbons (Fsp3) is 0.211. The average Bonchev–Trinajstić information content (AvgIpc) is 3.03. The van der Waals surface area contributed by atoms with E-state index in [9.17, 15) is 4.79 Å². The highest BCUT2D eigenvalue weighted by atomic mass is 127. The number of carboxylic acid groups (broad SMARTS) is 1. The number of benzene rings is 2. The predicted octanol–water partition coefficient (Wildman–Crippen LogP) is 2.11. The number of hydrogen-bond donors (Lipinski definition) is 3. The maximum atomic E-state index is 11.0. The van der Waals surface area contributed by atoms with Crippen molar-refractivity contribution in [1.82, 2.24) is 4.98 Å². The van der Waals surface area contributed by atoms with Crippen LogP contribution in [0.15, 0.2) is 36.5 Å². The number of nitrogens with two attached hydrogens (primary N) is 1. The van der Waals surface area contributed by atoms with Gasteiger partial charge >= 0.3 is 5.97 Å². The normalized spacial score (nSPS) is 12.1. The highest BCUT2D eigenvalue weighted by molar-refractivity contribution is 14.1. The Balaban J connectivity index is 1.78. The lowest BCUT2D eigenvalue weighted by Crippen LogP contribution is -2.32. The standard InChI is InChI=1S/C19H18IN2O4.Al/c1-25-13-4-2-11(3-5-13)10-26-14-7-15(20)18-12(6-16(21)19(23)24)9-22-17(18)8-14;/h2-4,7-9,16,22H,6,10,21H2,1H3,(H,23,24);/t16-;/m0./s1. The first-order valence-electron chi connectivity index (χ1n) is 8.22. The van der Waals surface area contributed by atoms with E-state index in [-0.39, 0.29) is 6.42 Å². The summed E-state index contributed by atoms with van der Waals surface area (Å²) in [7, 11) is 1.64. The van der Waals surface area contributed by atoms with Crippen molar-refractivity contribution < 1.29 is 19.4 Å². The van der Waals surface area contributed by atoms with Gasteiger partial charge in [-0.3, -0.25) is 4.79 Å². The fourth-order valence-corrected chi connectivity index (χ4v) is 4.24. The summed E-state index contributed by atoms with van der Waals surface area (Å²) in [6.45, 7) is 0.435. The van der Waals surface area contributed by atoms with Gasteiger partial charge in [-0.15, -0.1) is 0 Å². The Bertz CT molecular complexity index is 989. The van der Waals surface area contributed by atoms with Gasteiger partial charge < -0.3 is 25.3 Å². The number of methoxy groups -OCH3 is 1. The van der Waals surface area contributed by atoms with Crippen molar-refractivity contribution in [2.45, 2.75) is 19.1 Å². The van der Waals surface area contributed by atoms with Crippen LogP contribution < -0.4 is 19.6 Å². The molecule has 0 aliphatic heterocycles. The lowest BCUT2D eigenvalue weighted by molar-refractivity contribution is -0.138. The van der Waals surface area contributed by atoms with E-state index < -0.39 is 12.0 Å². The molecule has 2 radical (unpaired) electrons. The summed E-state index contributed by atoms with van der Waals surface area (Å²) >= 11 is 4.88. The smallest absolute Gasteiger partial charge is 0.320 e. The molecule has 1 aromatic heterocycles. The maximum absolute atomic E-state index is 11.0. The van der Waals surface area contributed by atoms with Gasteiger partial charge in [0.1, 0.15) is 24.1 Å². The number of aromatic amines is 1. The van der Waals surface area contributed by atoms with E-state index in [0.717, 1.165) is 41.5 Å². The van der Waals surface area contributed by atoms with Crippen LogP contribution in [-0.4, -0.2) is 45.5 Å². The van der Waals surface area contributed by atoms with Gasteiger partial charge in [0.05, 0.1) is 12.6 Å². The molecule has 27 heavy (non-hydrogen) atoms. The minimum atomic E-state index is -1.01. The van der Waals surface area contributed by atoms with Crippen LogP contribution in [0.4, 0.5) is 0 Å². The van der Waals surface area contributed by atoms with Crippen molar-refractivity contribution in [2.75, 3.05) is 7.11 Å². The van der Waals surface area contributed by atoms with Crippen molar-refractivity contribution in [3.8, 4) is 11.5 Å². The third-order valence-electron chi connectivity index (χ3n) is 4.24. The molecule has 0 saturated heterocycles. The molecule has 8 heteroatoms. The average molecular weight is 492 g/mol. The van der Waals surface area contributed by atoms with Gasteiger partial charge in [-0.2, -0.15) is 0 Å². The summed E-state index contributed by atoms with van der Waals surface area (Å²) in [4.78, 5) is 14.2. The highest BCUT2D eigenvalue weighted by Crippen LogP contribution is 2.30. The maximum Gasteiger partial charge on any atom is 0.320 e. The highest BCUT2D eigenvalue weighted by Gasteiger charge is 2.17. The second kappa shape index (κ2) is 8.52. The number of H-pyrrole nitrogens is 1. The first-order valence-corrected chi connectivity index (χ1v) is 9.87. The number of carbonyl (C=O) groups is 1. The Kier molecular flexibility index (Phi) is 6.32. The SMILES string of the molecule is COc1ccc(COc2cc(I)c3c(C[C@H](N)C(=O)O)c[nH]c3c2)c[c]1[Al]. The molecular weight excluding hydrogens is 474 g/mol. The topological polar surface area (TPSA) is 97.6 Å². The molecule has 0 amide bonds. The van der Waals surface area contributed by atoms with Gasteiger partial charge in [-0.1, -0.05) is 16.6 Å². The molecule has 1 heterocycles. The van der Waals surface area contributed by atoms with Gasteiger partial charge in [0.25, 0.3) is 0 Å². The van der Waals surface area contributed by atoms with E-state index in [0.29, 0.717) is 6.61 Å². The van der Waals surface area contributed by atoms with Crippen molar-refractivity contribution in [2.24, 2.45) is 5.73 Å². The van der Waals surface area contributed by atoms with Crippen LogP contribution in [0.2, 0.25) is 0 Å². The summed E-state index contributed by atoms with van der Waals surface area (Å²) < 4.78 is 13.2. The second-order valence-corrected chi connectivity index (χ2v) is 7.94. The van der Waals surface area contributed by atoms with Crippen molar-refractivity contribution in [1.29, 1.82) is 0 Å². The van der Waals surface area contributed by atoms with Crippen LogP contribution in [-0.2, 0) is 17.8 Å². The van der Waals surface area contributed by atoms with E-state index in [2.05, 4.69) is 43.9 Å². The van der Waals surface area contributed by atoms with E-state index >= 15 is 0 Å². The Morgan fingerprint density at radius 2 is 2.15 bits per heavy atom. The molecule has 0 aliphatic carbocycles. The number of rotatable bonds is 7. The summed E-state index contributed by atoms with van der Waals surface area (Å²) in [6.07, 6.45) is 2.08. The molecule has 0 saturated carbocycles. The van der Waals surface area contributed by atoms with E-state index in [4.69, 9.17) is 20.3 Å². The van der Waals surface area contributed by atoms with Gasteiger partial charge in [0, 0.05) is 27.6 Å². The van der Waals surface area contributed by atoms with Crippen LogP contribution >= 0.6 is 22.6 Å². The number of fused-ring (bicyclic) bond motifs is 1. The van der Waals surface area contributed by atoms with Gasteiger partial charge in [-0.05, 0) is 45.9 Å². The Morgan fingerprint density at radius 1 is 1.37 bits per heavy atom. The lowest BCUT2D eigenvalue weighted by atomic mass is 10.1. The van der Waals surface area contributed by atoms with Crippen molar-refractivity contribution in [3.05, 3.63) is 51.2 Å². The van der Waals surface area contributed by atoms with E-state index in [1.165, 1.54) is 0 Å². The van der Waals surface area contributed by atoms with E-state index in [1.807, 2.05) is 36.5 Å². The molecule has 0 unspecified atom stereocenters. The number of ether oxygens (including phenoxy) is 2. The molecule has 0 aliphatic rings. The zero-order valence-corrected chi connectivity index (χ0v) is 18.0. The second-order valence-electron chi connectivity index (χ2n) is 6.16. The fourth-order valence-electron chi connectivity index (χ4n) is 2.87. The predicted molar refractivity (Wildman–Crippen MR) is 113 cm³/mol. The third-order valence-corrected chi connectivity index (χ3v) is 5.55. The zero-order chi connectivity index (χ0) is 19.6. The summed E-state index contributed by atoms with van der Waals surface area (Å²) in [5.41, 5.74) is 8.49. The number of carboxylic acids is 1. The molecule has 6 nitrogen and oxygen atoms in total. The molecule has 138 valence electrons. The van der Waals surface area contributed by atoms with Crippen LogP contribution in [0, 0.1) is 3.57 Å². The first-order chi connectivity index (χ1) is 12.9. The number of halogens is 1. The molecular formula is C19H18AlIN2O4. The summed E-state index contributed by atoms with van der Waals surface area (Å²) in [5, 5.41) is 10.0. The Hall–Kier alpha value is -1.73. The summed E-state index contributed by atoms with van der Waals surface area (Å²) in [6, 6.07) is 8.82. The summed E-state index contributed by atoms with van der Waals surface area (Å²) in [5.74, 6) is 0.550. The van der Waals surface area contributed by atoms with Crippen LogP contribution in [0.25, 0.3) is 10.9 Å². The Labute approximate surface area is 178 Å². The number of aromatic nitrogens is 1. The first kappa shape index (κ1) is 20.0. The quantitative estimate of drug-likeness (QED) is 0.347. The zero-order valence-electron chi connectivity index (χ0n) is 14.7. The van der Waals surface area contributed by atoms with Crippen LogP contribution in [0.3, 0.4) is 0 Å². The lowest BCUT2D eigenvalue weighted by Gasteiger charge is -2.11. The van der Waals surface area contributed by atoms with Crippen LogP contribution in [0.1, 0.15) is 11.1 Å². The molecule has 2 aromatic carbocycles. The van der Waals surface area contributed by atoms with Gasteiger partial charge in [0.2, 0.25) is 0 Å². The van der Waals surface area contributed by atoms with Crippen LogP contribution in [0.5, 0.6) is 11.5 Å². The third kappa shape index (κ3) is 4.58. The van der Waals surface area contributed by atoms with Crippen molar-refractivity contribution >= 4 is 60.2 Å². The number of nitrogens with one attached hydrogen (secondary N) is 1. The Morgan fingerprint density at radius 3 is 2.81 bits per heavy atom. The van der Waals surface area contributed by atoms with Crippen molar-refractivity contribution in [3.63, 3.8) is 0 Å². The molecule has 0 bridgehead atoms. The van der Waals surface area contributed by atoms with E-state index in [1.54, 1.807) is 7.11 Å². The number of aliphatic carboxylic acids is 1. The number of hydrogen-bond acceptors (Lipinski definition) is 4. The monoisotopic (exact) mass is 492 g/mol. The molecule has 1 atom stereocenters. The minimum absolute atomic E-state index is 0.272. The largest absolute Gasteiger partial charge is 0.498 e. The molecule has 4 N–H and O–H groups in total. The minimum Gasteiger partial charge on any atom is -0.498 e. The molecule has 0 spiro atoms. The molecule has 3 aromatic rings. The molecule has 3 rings (SSSR count). The van der Waals surface area contributed by atoms with Gasteiger partial charge in [-0.25, -0.2) is 0 Å². The van der Waals surface area contributed by atoms with Gasteiger partial charge in [0.15, 0.2) is 16.3 Å².